The summed E-state index contributed by atoms with van der Waals surface area (Å²) in [6.07, 6.45) is 1.44. The van der Waals surface area contributed by atoms with Crippen LogP contribution < -0.4 is 0 Å². The maximum absolute atomic E-state index is 12.1. The Bertz CT molecular complexity index is 618. The fraction of sp³-hybridized carbons (Fsp3) is 0.235. The predicted molar refractivity (Wildman–Crippen MR) is 83.3 cm³/mol. The maximum Gasteiger partial charge on any atom is 0.318 e. The summed E-state index contributed by atoms with van der Waals surface area (Å²) in [7, 11) is 0. The van der Waals surface area contributed by atoms with Gasteiger partial charge in [0.25, 0.3) is 0 Å². The molecular weight excluding hydrogens is 316 g/mol. The minimum Gasteiger partial charge on any atom is -0.480 e. The van der Waals surface area contributed by atoms with Gasteiger partial charge in [0.15, 0.2) is 0 Å². The molecule has 0 bridgehead atoms. The van der Waals surface area contributed by atoms with Gasteiger partial charge in [-0.15, -0.1) is 0 Å². The first-order valence-corrected chi connectivity index (χ1v) is 7.82. The van der Waals surface area contributed by atoms with E-state index in [9.17, 15) is 9.90 Å². The number of halogens is 1. The Balaban J connectivity index is 2.30. The largest absolute Gasteiger partial charge is 0.480 e. The van der Waals surface area contributed by atoms with E-state index in [1.165, 1.54) is 0 Å². The molecule has 0 spiro atoms. The number of carboxylic acid groups (broad SMARTS) is 1. The molecule has 1 aliphatic carbocycles. The van der Waals surface area contributed by atoms with Crippen molar-refractivity contribution in [2.24, 2.45) is 0 Å². The number of hydrogen-bond acceptors (Lipinski definition) is 1. The van der Waals surface area contributed by atoms with E-state index >= 15 is 0 Å². The van der Waals surface area contributed by atoms with E-state index in [1.54, 1.807) is 0 Å². The van der Waals surface area contributed by atoms with Crippen LogP contribution in [-0.2, 0) is 10.2 Å². The van der Waals surface area contributed by atoms with Gasteiger partial charge in [-0.25, -0.2) is 0 Å². The van der Waals surface area contributed by atoms with E-state index < -0.39 is 11.4 Å². The maximum atomic E-state index is 12.1. The lowest BCUT2D eigenvalue weighted by atomic mass is 9.75. The predicted octanol–water partition coefficient (Wildman–Crippen LogP) is 4.21. The average Bonchev–Trinajstić information content (AvgIpc) is 2.77. The monoisotopic (exact) mass is 330 g/mol. The highest BCUT2D eigenvalue weighted by atomic mass is 79.9. The average molecular weight is 331 g/mol. The topological polar surface area (TPSA) is 37.3 Å². The van der Waals surface area contributed by atoms with Gasteiger partial charge in [0.2, 0.25) is 0 Å². The zero-order valence-electron chi connectivity index (χ0n) is 11.0. The van der Waals surface area contributed by atoms with Crippen molar-refractivity contribution in [3.63, 3.8) is 0 Å². The van der Waals surface area contributed by atoms with Crippen LogP contribution in [0.25, 0.3) is 11.1 Å². The summed E-state index contributed by atoms with van der Waals surface area (Å²) in [6, 6.07) is 15.7. The number of hydrogen-bond donors (Lipinski definition) is 1. The number of rotatable bonds is 4. The molecule has 3 heteroatoms. The highest BCUT2D eigenvalue weighted by Gasteiger charge is 2.48. The van der Waals surface area contributed by atoms with Crippen molar-refractivity contribution in [1.29, 1.82) is 0 Å². The summed E-state index contributed by atoms with van der Waals surface area (Å²) < 4.78 is 0. The van der Waals surface area contributed by atoms with E-state index in [4.69, 9.17) is 0 Å². The fourth-order valence-electron chi connectivity index (χ4n) is 3.26. The van der Waals surface area contributed by atoms with Gasteiger partial charge in [0.1, 0.15) is 5.41 Å². The van der Waals surface area contributed by atoms with Crippen molar-refractivity contribution in [3.8, 4) is 11.1 Å². The molecule has 0 unspecified atom stereocenters. The van der Waals surface area contributed by atoms with Gasteiger partial charge in [-0.2, -0.15) is 0 Å². The van der Waals surface area contributed by atoms with E-state index in [2.05, 4.69) is 15.9 Å². The molecule has 0 aromatic heterocycles. The Labute approximate surface area is 126 Å². The number of aliphatic carboxylic acids is 1. The molecule has 1 N–H and O–H groups in total. The van der Waals surface area contributed by atoms with Crippen LogP contribution in [0.4, 0.5) is 0 Å². The summed E-state index contributed by atoms with van der Waals surface area (Å²) in [5.74, 6) is -0.754. The molecule has 0 radical (unpaired) electrons. The van der Waals surface area contributed by atoms with Gasteiger partial charge in [0.05, 0.1) is 0 Å². The first-order valence-electron chi connectivity index (χ1n) is 6.70. The van der Waals surface area contributed by atoms with Gasteiger partial charge in [-0.1, -0.05) is 64.5 Å². The number of alkyl halides is 1. The third-order valence-electron chi connectivity index (χ3n) is 4.11. The van der Waals surface area contributed by atoms with Gasteiger partial charge in [-0.3, -0.25) is 4.79 Å². The van der Waals surface area contributed by atoms with Crippen LogP contribution in [0.1, 0.15) is 24.0 Å². The van der Waals surface area contributed by atoms with Gasteiger partial charge in [0, 0.05) is 5.33 Å². The van der Waals surface area contributed by atoms with Crippen LogP contribution in [0.2, 0.25) is 0 Å². The molecule has 0 heterocycles. The van der Waals surface area contributed by atoms with E-state index in [0.29, 0.717) is 6.42 Å². The second kappa shape index (κ2) is 5.06. The van der Waals surface area contributed by atoms with Gasteiger partial charge >= 0.3 is 5.97 Å². The molecule has 0 saturated heterocycles. The van der Waals surface area contributed by atoms with Gasteiger partial charge < -0.3 is 5.11 Å². The summed E-state index contributed by atoms with van der Waals surface area (Å²) >= 11 is 3.42. The molecule has 2 aromatic carbocycles. The Kier molecular flexibility index (Phi) is 3.38. The second-order valence-corrected chi connectivity index (χ2v) is 5.89. The lowest BCUT2D eigenvalue weighted by Gasteiger charge is -2.27. The molecule has 2 nitrogen and oxygen atoms in total. The third-order valence-corrected chi connectivity index (χ3v) is 4.68. The SMILES string of the molecule is O=C(O)C1(CCCBr)c2ccccc2-c2ccccc21. The summed E-state index contributed by atoms with van der Waals surface area (Å²) in [5, 5.41) is 10.8. The number of carbonyl (C=O) groups is 1. The lowest BCUT2D eigenvalue weighted by molar-refractivity contribution is -0.142. The first-order chi connectivity index (χ1) is 9.71. The Morgan fingerprint density at radius 2 is 1.50 bits per heavy atom. The zero-order valence-corrected chi connectivity index (χ0v) is 12.6. The van der Waals surface area contributed by atoms with Crippen molar-refractivity contribution in [3.05, 3.63) is 59.7 Å². The number of benzene rings is 2. The molecule has 0 amide bonds. The first kappa shape index (κ1) is 13.4. The molecule has 0 saturated carbocycles. The van der Waals surface area contributed by atoms with E-state index in [0.717, 1.165) is 34.0 Å². The lowest BCUT2D eigenvalue weighted by Crippen LogP contribution is -2.35. The molecule has 102 valence electrons. The third kappa shape index (κ3) is 1.73. The van der Waals surface area contributed by atoms with Crippen LogP contribution in [0, 0.1) is 0 Å². The van der Waals surface area contributed by atoms with Gasteiger partial charge in [-0.05, 0) is 35.1 Å². The van der Waals surface area contributed by atoms with E-state index in [-0.39, 0.29) is 0 Å². The Hall–Kier alpha value is -1.61. The molecule has 1 aliphatic rings. The van der Waals surface area contributed by atoms with Crippen molar-refractivity contribution in [2.45, 2.75) is 18.3 Å². The molecule has 20 heavy (non-hydrogen) atoms. The summed E-state index contributed by atoms with van der Waals surface area (Å²) in [4.78, 5) is 12.1. The fourth-order valence-corrected chi connectivity index (χ4v) is 3.54. The molecular formula is C17H15BrO2. The number of fused-ring (bicyclic) bond motifs is 3. The van der Waals surface area contributed by atoms with Crippen molar-refractivity contribution < 1.29 is 9.90 Å². The van der Waals surface area contributed by atoms with Crippen molar-refractivity contribution in [2.75, 3.05) is 5.33 Å². The van der Waals surface area contributed by atoms with Crippen LogP contribution >= 0.6 is 15.9 Å². The van der Waals surface area contributed by atoms with Crippen LogP contribution in [-0.4, -0.2) is 16.4 Å². The minimum absolute atomic E-state index is 0.613. The smallest absolute Gasteiger partial charge is 0.318 e. The van der Waals surface area contributed by atoms with Crippen LogP contribution in [0.5, 0.6) is 0 Å². The Morgan fingerprint density at radius 1 is 1.00 bits per heavy atom. The van der Waals surface area contributed by atoms with E-state index in [1.807, 2.05) is 48.5 Å². The second-order valence-electron chi connectivity index (χ2n) is 5.09. The molecule has 2 aromatic rings. The molecule has 0 atom stereocenters. The quantitative estimate of drug-likeness (QED) is 0.852. The van der Waals surface area contributed by atoms with Crippen LogP contribution in [0.3, 0.4) is 0 Å². The Morgan fingerprint density at radius 3 is 1.95 bits per heavy atom. The summed E-state index contributed by atoms with van der Waals surface area (Å²) in [6.45, 7) is 0. The van der Waals surface area contributed by atoms with Crippen molar-refractivity contribution in [1.82, 2.24) is 0 Å². The normalized spacial score (nSPS) is 14.7. The highest BCUT2D eigenvalue weighted by Crippen LogP contribution is 2.51. The molecule has 3 rings (SSSR count). The standard InChI is InChI=1S/C17H15BrO2/c18-11-5-10-17(16(19)20)14-8-3-1-6-12(14)13-7-2-4-9-15(13)17/h1-4,6-9H,5,10-11H2,(H,19,20). The van der Waals surface area contributed by atoms with Crippen LogP contribution in [0.15, 0.2) is 48.5 Å². The zero-order chi connectivity index (χ0) is 14.2. The highest BCUT2D eigenvalue weighted by molar-refractivity contribution is 9.09. The minimum atomic E-state index is -0.902. The summed E-state index contributed by atoms with van der Waals surface area (Å²) in [5.41, 5.74) is 3.06. The molecule has 0 fully saturated rings. The van der Waals surface area contributed by atoms with Crippen molar-refractivity contribution >= 4 is 21.9 Å². The number of carboxylic acids is 1. The molecule has 0 aliphatic heterocycles.